The lowest BCUT2D eigenvalue weighted by Crippen LogP contribution is -1.82. The van der Waals surface area contributed by atoms with E-state index in [1.54, 1.807) is 0 Å². The molecular weight excluding hydrogens is 94.0 g/mol. The van der Waals surface area contributed by atoms with Crippen molar-refractivity contribution in [1.29, 1.82) is 0 Å². The quantitative estimate of drug-likeness (QED) is 0.374. The summed E-state index contributed by atoms with van der Waals surface area (Å²) in [6.07, 6.45) is 0.847. The second-order valence-electron chi connectivity index (χ2n) is 0.687. The zero-order chi connectivity index (χ0) is 4.99. The van der Waals surface area contributed by atoms with Crippen LogP contribution in [0.3, 0.4) is 0 Å². The van der Waals surface area contributed by atoms with Crippen molar-refractivity contribution in [2.24, 2.45) is 0 Å². The summed E-state index contributed by atoms with van der Waals surface area (Å²) in [7, 11) is 0. The first-order valence-electron chi connectivity index (χ1n) is 1.36. The van der Waals surface area contributed by atoms with E-state index < -0.39 is 5.97 Å². The fourth-order valence-corrected chi connectivity index (χ4v) is 0.0873. The lowest BCUT2D eigenvalue weighted by atomic mass is 10.6. The van der Waals surface area contributed by atoms with Gasteiger partial charge in [0.25, 0.3) is 0 Å². The standard InChI is InChI=1S/C4H4O2.H3N/c1-2-3-4(5)6;/h3H,1H2,(H,5,6);1H3. The van der Waals surface area contributed by atoms with Crippen LogP contribution >= 0.6 is 0 Å². The van der Waals surface area contributed by atoms with Gasteiger partial charge in [0.1, 0.15) is 0 Å². The van der Waals surface area contributed by atoms with Crippen molar-refractivity contribution in [2.45, 2.75) is 0 Å². The van der Waals surface area contributed by atoms with E-state index in [2.05, 4.69) is 12.3 Å². The predicted octanol–water partition coefficient (Wildman–Crippen LogP) is 0.574. The van der Waals surface area contributed by atoms with Crippen LogP contribution in [0.25, 0.3) is 0 Å². The van der Waals surface area contributed by atoms with Gasteiger partial charge in [0, 0.05) is 0 Å². The number of hydrogen-bond donors (Lipinski definition) is 2. The van der Waals surface area contributed by atoms with Crippen molar-refractivity contribution in [2.75, 3.05) is 0 Å². The maximum Gasteiger partial charge on any atom is 0.336 e. The molecule has 3 heteroatoms. The molecule has 3 nitrogen and oxygen atoms in total. The molecule has 0 rings (SSSR count). The summed E-state index contributed by atoms with van der Waals surface area (Å²) >= 11 is 0. The summed E-state index contributed by atoms with van der Waals surface area (Å²) in [5, 5.41) is 7.76. The van der Waals surface area contributed by atoms with E-state index in [1.807, 2.05) is 0 Å². The first kappa shape index (κ1) is 9.34. The van der Waals surface area contributed by atoms with Gasteiger partial charge in [-0.25, -0.2) is 4.79 Å². The molecule has 0 saturated carbocycles. The maximum atomic E-state index is 9.44. The highest BCUT2D eigenvalue weighted by atomic mass is 16.4. The van der Waals surface area contributed by atoms with Gasteiger partial charge in [0.15, 0.2) is 0 Å². The minimum absolute atomic E-state index is 0. The Morgan fingerprint density at radius 2 is 2.29 bits per heavy atom. The molecule has 0 aromatic rings. The molecule has 0 unspecified atom stereocenters. The summed E-state index contributed by atoms with van der Waals surface area (Å²) in [5.41, 5.74) is 2.09. The highest BCUT2D eigenvalue weighted by Gasteiger charge is 1.76. The van der Waals surface area contributed by atoms with Crippen LogP contribution in [0.2, 0.25) is 0 Å². The molecule has 4 N–H and O–H groups in total. The van der Waals surface area contributed by atoms with Gasteiger partial charge in [0.2, 0.25) is 0 Å². The van der Waals surface area contributed by atoms with Crippen LogP contribution in [0, 0.1) is 0 Å². The molecule has 0 aromatic carbocycles. The van der Waals surface area contributed by atoms with E-state index in [1.165, 1.54) is 0 Å². The van der Waals surface area contributed by atoms with Crippen molar-refractivity contribution in [3.05, 3.63) is 18.4 Å². The summed E-state index contributed by atoms with van der Waals surface area (Å²) in [6.45, 7) is 3.04. The largest absolute Gasteiger partial charge is 0.478 e. The van der Waals surface area contributed by atoms with E-state index in [-0.39, 0.29) is 6.15 Å². The smallest absolute Gasteiger partial charge is 0.336 e. The van der Waals surface area contributed by atoms with Crippen molar-refractivity contribution in [3.8, 4) is 0 Å². The van der Waals surface area contributed by atoms with Gasteiger partial charge in [0.05, 0.1) is 6.08 Å². The summed E-state index contributed by atoms with van der Waals surface area (Å²) in [4.78, 5) is 9.44. The Morgan fingerprint density at radius 1 is 1.86 bits per heavy atom. The minimum Gasteiger partial charge on any atom is -0.478 e. The minimum atomic E-state index is -1.01. The lowest BCUT2D eigenvalue weighted by Gasteiger charge is -1.65. The summed E-state index contributed by atoms with van der Waals surface area (Å²) in [6, 6.07) is 0. The number of hydrogen-bond acceptors (Lipinski definition) is 2. The molecule has 7 heavy (non-hydrogen) atoms. The van der Waals surface area contributed by atoms with Gasteiger partial charge >= 0.3 is 5.97 Å². The van der Waals surface area contributed by atoms with Crippen LogP contribution < -0.4 is 6.15 Å². The fourth-order valence-electron chi connectivity index (χ4n) is 0.0873. The average molecular weight is 101 g/mol. The first-order chi connectivity index (χ1) is 2.77. The molecule has 0 heterocycles. The van der Waals surface area contributed by atoms with Gasteiger partial charge in [-0.1, -0.05) is 6.58 Å². The Balaban J connectivity index is 0. The van der Waals surface area contributed by atoms with Crippen LogP contribution in [0.15, 0.2) is 18.4 Å². The Labute approximate surface area is 41.5 Å². The van der Waals surface area contributed by atoms with Crippen LogP contribution in [0.5, 0.6) is 0 Å². The van der Waals surface area contributed by atoms with Crippen molar-refractivity contribution in [3.63, 3.8) is 0 Å². The molecule has 0 spiro atoms. The zero-order valence-corrected chi connectivity index (χ0v) is 3.85. The molecular formula is C4H7NO2. The molecule has 0 radical (unpaired) electrons. The number of rotatable bonds is 1. The Kier molecular flexibility index (Phi) is 6.61. The van der Waals surface area contributed by atoms with E-state index in [4.69, 9.17) is 5.11 Å². The molecule has 0 amide bonds. The molecule has 0 atom stereocenters. The Morgan fingerprint density at radius 3 is 2.29 bits per heavy atom. The molecule has 0 aliphatic carbocycles. The van der Waals surface area contributed by atoms with Crippen molar-refractivity contribution >= 4 is 5.97 Å². The van der Waals surface area contributed by atoms with E-state index in [0.29, 0.717) is 0 Å². The second-order valence-corrected chi connectivity index (χ2v) is 0.687. The summed E-state index contributed by atoms with van der Waals surface area (Å²) in [5.74, 6) is -1.01. The molecule has 0 aromatic heterocycles. The number of carboxylic acid groups (broad SMARTS) is 1. The SMILES string of the molecule is C=C=CC(=O)O.N. The monoisotopic (exact) mass is 101 g/mol. The number of carboxylic acids is 1. The zero-order valence-electron chi connectivity index (χ0n) is 3.85. The van der Waals surface area contributed by atoms with Crippen LogP contribution in [0.4, 0.5) is 0 Å². The Bertz CT molecular complexity index is 102. The topological polar surface area (TPSA) is 72.3 Å². The molecule has 40 valence electrons. The summed E-state index contributed by atoms with van der Waals surface area (Å²) < 4.78 is 0. The normalized spacial score (nSPS) is 5.14. The van der Waals surface area contributed by atoms with Crippen molar-refractivity contribution in [1.82, 2.24) is 6.15 Å². The van der Waals surface area contributed by atoms with E-state index in [0.717, 1.165) is 6.08 Å². The average Bonchev–Trinajstić information content (AvgIpc) is 1.35. The van der Waals surface area contributed by atoms with Crippen molar-refractivity contribution < 1.29 is 9.90 Å². The van der Waals surface area contributed by atoms with Gasteiger partial charge in [-0.2, -0.15) is 0 Å². The highest BCUT2D eigenvalue weighted by Crippen LogP contribution is 1.58. The van der Waals surface area contributed by atoms with E-state index >= 15 is 0 Å². The van der Waals surface area contributed by atoms with Crippen LogP contribution in [-0.4, -0.2) is 11.1 Å². The lowest BCUT2D eigenvalue weighted by molar-refractivity contribution is -0.131. The third-order valence-electron chi connectivity index (χ3n) is 0.226. The third kappa shape index (κ3) is 11.3. The van der Waals surface area contributed by atoms with Gasteiger partial charge in [-0.3, -0.25) is 0 Å². The predicted molar refractivity (Wildman–Crippen MR) is 26.4 cm³/mol. The second kappa shape index (κ2) is 4.95. The van der Waals surface area contributed by atoms with Gasteiger partial charge < -0.3 is 11.3 Å². The van der Waals surface area contributed by atoms with E-state index in [9.17, 15) is 4.79 Å². The number of aliphatic carboxylic acids is 1. The molecule has 0 aliphatic rings. The highest BCUT2D eigenvalue weighted by molar-refractivity contribution is 5.79. The fraction of sp³-hybridized carbons (Fsp3) is 0. The molecule has 0 fully saturated rings. The van der Waals surface area contributed by atoms with Crippen LogP contribution in [0.1, 0.15) is 0 Å². The molecule has 0 aliphatic heterocycles. The Hall–Kier alpha value is -1.05. The molecule has 0 saturated heterocycles. The third-order valence-corrected chi connectivity index (χ3v) is 0.226. The first-order valence-corrected chi connectivity index (χ1v) is 1.36. The van der Waals surface area contributed by atoms with Gasteiger partial charge in [-0.15, -0.1) is 5.73 Å². The van der Waals surface area contributed by atoms with Crippen LogP contribution in [-0.2, 0) is 4.79 Å². The number of carbonyl (C=O) groups is 1. The molecule has 0 bridgehead atoms. The van der Waals surface area contributed by atoms with Gasteiger partial charge in [-0.05, 0) is 0 Å². The maximum absolute atomic E-state index is 9.44.